The number of carbonyl (C=O) groups is 1. The molecular weight excluding hydrogens is 532 g/mol. The molecule has 1 saturated carbocycles. The summed E-state index contributed by atoms with van der Waals surface area (Å²) in [5.41, 5.74) is 10.1. The molecule has 1 fully saturated rings. The number of rotatable bonds is 10. The molecule has 1 aliphatic heterocycles. The monoisotopic (exact) mass is 576 g/mol. The third-order valence-electron chi connectivity index (χ3n) is 9.50. The van der Waals surface area contributed by atoms with Crippen LogP contribution in [0.5, 0.6) is 5.75 Å². The minimum Gasteiger partial charge on any atom is -0.488 e. The summed E-state index contributed by atoms with van der Waals surface area (Å²) in [5, 5.41) is 4.58. The van der Waals surface area contributed by atoms with Gasteiger partial charge in [0.15, 0.2) is 11.6 Å². The van der Waals surface area contributed by atoms with Gasteiger partial charge in [0.25, 0.3) is 0 Å². The molecule has 1 aliphatic carbocycles. The van der Waals surface area contributed by atoms with Gasteiger partial charge in [-0.25, -0.2) is 9.67 Å². The number of hydrogen-bond acceptors (Lipinski definition) is 5. The lowest BCUT2D eigenvalue weighted by molar-refractivity contribution is 0.101. The molecule has 0 spiro atoms. The number of ether oxygens (including phenoxy) is 1. The Morgan fingerprint density at radius 2 is 1.86 bits per heavy atom. The number of fused-ring (bicyclic) bond motifs is 1. The molecule has 0 unspecified atom stereocenters. The minimum atomic E-state index is 0.0338. The zero-order valence-corrected chi connectivity index (χ0v) is 26.2. The van der Waals surface area contributed by atoms with Crippen LogP contribution < -0.4 is 4.74 Å². The Balaban J connectivity index is 1.25. The van der Waals surface area contributed by atoms with Crippen LogP contribution in [0.25, 0.3) is 17.1 Å². The van der Waals surface area contributed by atoms with Crippen LogP contribution in [0.1, 0.15) is 96.2 Å². The van der Waals surface area contributed by atoms with Crippen molar-refractivity contribution in [2.45, 2.75) is 98.3 Å². The van der Waals surface area contributed by atoms with Crippen molar-refractivity contribution in [1.29, 1.82) is 0 Å². The Morgan fingerprint density at radius 3 is 2.65 bits per heavy atom. The summed E-state index contributed by atoms with van der Waals surface area (Å²) >= 11 is 0. The number of Topliss-reactive ketones (excluding diaryl/α,β-unsaturated/α-hetero) is 1. The van der Waals surface area contributed by atoms with Gasteiger partial charge in [0.2, 0.25) is 0 Å². The number of unbranched alkanes of at least 4 members (excludes halogenated alkanes) is 1. The fourth-order valence-corrected chi connectivity index (χ4v) is 6.99. The Bertz CT molecular complexity index is 1620. The molecule has 2 aromatic carbocycles. The molecule has 0 bridgehead atoms. The molecule has 0 radical (unpaired) electrons. The molecule has 6 rings (SSSR count). The topological polar surface area (TPSA) is 60.3 Å². The highest BCUT2D eigenvalue weighted by Gasteiger charge is 2.27. The van der Waals surface area contributed by atoms with E-state index in [1.807, 2.05) is 22.9 Å². The molecule has 43 heavy (non-hydrogen) atoms. The van der Waals surface area contributed by atoms with E-state index in [0.717, 1.165) is 73.1 Å². The fourth-order valence-electron chi connectivity index (χ4n) is 6.99. The number of hydrogen-bond donors (Lipinski definition) is 0. The maximum atomic E-state index is 12.3. The first kappa shape index (κ1) is 29.3. The van der Waals surface area contributed by atoms with Crippen molar-refractivity contribution in [2.75, 3.05) is 6.54 Å². The van der Waals surface area contributed by atoms with Crippen LogP contribution >= 0.6 is 0 Å². The molecule has 0 atom stereocenters. The van der Waals surface area contributed by atoms with Crippen molar-refractivity contribution in [3.8, 4) is 22.8 Å². The summed E-state index contributed by atoms with van der Waals surface area (Å²) in [6, 6.07) is 17.6. The third kappa shape index (κ3) is 6.03. The zero-order chi connectivity index (χ0) is 29.9. The Hall–Kier alpha value is -3.77. The largest absolute Gasteiger partial charge is 0.488 e. The molecular formula is C37H44N4O2. The number of para-hydroxylation sites is 1. The summed E-state index contributed by atoms with van der Waals surface area (Å²) in [5.74, 6) is 1.60. The van der Waals surface area contributed by atoms with Crippen molar-refractivity contribution in [3.63, 3.8) is 0 Å². The summed E-state index contributed by atoms with van der Waals surface area (Å²) < 4.78 is 8.45. The lowest BCUT2D eigenvalue weighted by Gasteiger charge is -2.34. The SMILES string of the molecule is CCCCc1c(C(C)=O)cnn1-c1cccc(-c2cccc(C)c2OCc2ccc3c(c2C)CCN(C2CCCC2)C3)n1. The molecule has 224 valence electrons. The molecule has 6 nitrogen and oxygen atoms in total. The number of benzene rings is 2. The lowest BCUT2D eigenvalue weighted by Crippen LogP contribution is -2.38. The molecule has 6 heteroatoms. The average molecular weight is 577 g/mol. The highest BCUT2D eigenvalue weighted by Crippen LogP contribution is 2.35. The van der Waals surface area contributed by atoms with Gasteiger partial charge >= 0.3 is 0 Å². The lowest BCUT2D eigenvalue weighted by atomic mass is 9.91. The second-order valence-electron chi connectivity index (χ2n) is 12.3. The Morgan fingerprint density at radius 1 is 1.05 bits per heavy atom. The van der Waals surface area contributed by atoms with Crippen LogP contribution in [0.3, 0.4) is 0 Å². The summed E-state index contributed by atoms with van der Waals surface area (Å²) in [4.78, 5) is 20.1. The molecule has 0 amide bonds. The third-order valence-corrected chi connectivity index (χ3v) is 9.50. The van der Waals surface area contributed by atoms with E-state index in [9.17, 15) is 4.79 Å². The van der Waals surface area contributed by atoms with Crippen molar-refractivity contribution in [3.05, 3.63) is 93.8 Å². The van der Waals surface area contributed by atoms with Gasteiger partial charge in [0.05, 0.1) is 23.1 Å². The number of nitrogens with zero attached hydrogens (tertiary/aromatic N) is 4. The second-order valence-corrected chi connectivity index (χ2v) is 12.3. The maximum Gasteiger partial charge on any atom is 0.163 e. The summed E-state index contributed by atoms with van der Waals surface area (Å²) in [6.45, 7) is 10.9. The van der Waals surface area contributed by atoms with E-state index in [4.69, 9.17) is 9.72 Å². The number of carbonyl (C=O) groups excluding carboxylic acids is 1. The predicted molar refractivity (Wildman–Crippen MR) is 172 cm³/mol. The van der Waals surface area contributed by atoms with E-state index in [2.05, 4.69) is 61.1 Å². The molecule has 0 saturated heterocycles. The summed E-state index contributed by atoms with van der Waals surface area (Å²) in [7, 11) is 0. The van der Waals surface area contributed by atoms with Crippen molar-refractivity contribution >= 4 is 5.78 Å². The van der Waals surface area contributed by atoms with E-state index in [1.165, 1.54) is 47.9 Å². The van der Waals surface area contributed by atoms with Gasteiger partial charge in [-0.3, -0.25) is 9.69 Å². The highest BCUT2D eigenvalue weighted by atomic mass is 16.5. The number of aromatic nitrogens is 3. The van der Waals surface area contributed by atoms with Gasteiger partial charge in [0, 0.05) is 24.7 Å². The standard InChI is InChI=1S/C37H44N4O2/c1-5-6-16-35-33(27(4)42)22-38-41(35)36-17-10-15-34(39-36)32-14-9-11-25(2)37(32)43-24-29-19-18-28-23-40(30-12-7-8-13-30)21-20-31(28)26(29)3/h9-11,14-15,17-19,22,30H,5-8,12-13,16,20-21,23-24H2,1-4H3. The molecule has 2 aromatic heterocycles. The first-order valence-electron chi connectivity index (χ1n) is 16.1. The molecule has 3 heterocycles. The van der Waals surface area contributed by atoms with Gasteiger partial charge < -0.3 is 4.74 Å². The van der Waals surface area contributed by atoms with Crippen LogP contribution in [0.15, 0.2) is 54.7 Å². The van der Waals surface area contributed by atoms with E-state index in [-0.39, 0.29) is 5.78 Å². The van der Waals surface area contributed by atoms with Crippen LogP contribution in [0.4, 0.5) is 0 Å². The van der Waals surface area contributed by atoms with E-state index in [1.54, 1.807) is 13.1 Å². The van der Waals surface area contributed by atoms with Crippen molar-refractivity contribution in [1.82, 2.24) is 19.7 Å². The molecule has 4 aromatic rings. The predicted octanol–water partition coefficient (Wildman–Crippen LogP) is 7.98. The quantitative estimate of drug-likeness (QED) is 0.179. The van der Waals surface area contributed by atoms with Crippen LogP contribution in [0.2, 0.25) is 0 Å². The molecule has 2 aliphatic rings. The van der Waals surface area contributed by atoms with Crippen molar-refractivity contribution in [2.24, 2.45) is 0 Å². The minimum absolute atomic E-state index is 0.0338. The van der Waals surface area contributed by atoms with Crippen LogP contribution in [-0.4, -0.2) is 38.0 Å². The van der Waals surface area contributed by atoms with Gasteiger partial charge in [-0.2, -0.15) is 5.10 Å². The van der Waals surface area contributed by atoms with Gasteiger partial charge in [0.1, 0.15) is 12.4 Å². The zero-order valence-electron chi connectivity index (χ0n) is 26.2. The Labute approximate surface area is 256 Å². The average Bonchev–Trinajstić information content (AvgIpc) is 3.71. The highest BCUT2D eigenvalue weighted by molar-refractivity contribution is 5.95. The maximum absolute atomic E-state index is 12.3. The van der Waals surface area contributed by atoms with Gasteiger partial charge in [-0.1, -0.05) is 56.5 Å². The van der Waals surface area contributed by atoms with Crippen LogP contribution in [0, 0.1) is 13.8 Å². The molecule has 0 N–H and O–H groups in total. The van der Waals surface area contributed by atoms with Gasteiger partial charge in [-0.15, -0.1) is 0 Å². The number of aryl methyl sites for hydroxylation is 1. The van der Waals surface area contributed by atoms with E-state index < -0.39 is 0 Å². The number of ketones is 1. The summed E-state index contributed by atoms with van der Waals surface area (Å²) in [6.07, 6.45) is 11.1. The van der Waals surface area contributed by atoms with Crippen molar-refractivity contribution < 1.29 is 9.53 Å². The first-order chi connectivity index (χ1) is 20.9. The Kier molecular flexibility index (Phi) is 8.75. The van der Waals surface area contributed by atoms with Gasteiger partial charge in [-0.05, 0) is 98.9 Å². The van der Waals surface area contributed by atoms with Crippen LogP contribution in [-0.2, 0) is 26.0 Å². The first-order valence-corrected chi connectivity index (χ1v) is 16.1. The smallest absolute Gasteiger partial charge is 0.163 e. The fraction of sp³-hybridized carbons (Fsp3) is 0.432. The second kappa shape index (κ2) is 12.8. The van der Waals surface area contributed by atoms with E-state index >= 15 is 0 Å². The number of pyridine rings is 1. The normalized spacial score (nSPS) is 15.5. The van der Waals surface area contributed by atoms with E-state index in [0.29, 0.717) is 18.0 Å².